The highest BCUT2D eigenvalue weighted by molar-refractivity contribution is 7.89. The van der Waals surface area contributed by atoms with Crippen LogP contribution >= 0.6 is 0 Å². The lowest BCUT2D eigenvalue weighted by molar-refractivity contribution is -0.134. The maximum atomic E-state index is 12.8. The molecule has 0 aliphatic carbocycles. The number of nitrogens with one attached hydrogen (secondary N) is 1. The Hall–Kier alpha value is -3.68. The molecule has 202 valence electrons. The monoisotopic (exact) mass is 560 g/mol. The van der Waals surface area contributed by atoms with Crippen LogP contribution in [0.4, 0.5) is 0 Å². The molecule has 0 unspecified atom stereocenters. The van der Waals surface area contributed by atoms with E-state index in [1.54, 1.807) is 0 Å². The van der Waals surface area contributed by atoms with Gasteiger partial charge in [-0.25, -0.2) is 21.6 Å². The van der Waals surface area contributed by atoms with E-state index in [0.29, 0.717) is 5.75 Å². The van der Waals surface area contributed by atoms with Crippen LogP contribution in [0, 0.1) is 6.92 Å². The Morgan fingerprint density at radius 2 is 1.71 bits per heavy atom. The zero-order chi connectivity index (χ0) is 27.5. The first-order chi connectivity index (χ1) is 17.9. The molecule has 2 aromatic carbocycles. The topological polar surface area (TPSA) is 146 Å². The van der Waals surface area contributed by atoms with E-state index in [1.807, 2.05) is 37.3 Å². The van der Waals surface area contributed by atoms with E-state index >= 15 is 0 Å². The molecule has 0 atom stereocenters. The molecule has 1 aliphatic rings. The number of pyridine rings is 1. The summed E-state index contributed by atoms with van der Waals surface area (Å²) in [6.07, 6.45) is 2.00. The minimum absolute atomic E-state index is 0.0714. The number of fused-ring (bicyclic) bond motifs is 1. The van der Waals surface area contributed by atoms with Crippen LogP contribution in [0.5, 0.6) is 5.75 Å². The van der Waals surface area contributed by atoms with Crippen LogP contribution in [0.15, 0.2) is 71.4 Å². The molecule has 3 aromatic rings. The Morgan fingerprint density at radius 3 is 2.34 bits per heavy atom. The van der Waals surface area contributed by atoms with Crippen molar-refractivity contribution in [1.29, 1.82) is 0 Å². The Morgan fingerprint density at radius 1 is 1.05 bits per heavy atom. The molecule has 0 saturated carbocycles. The lowest BCUT2D eigenvalue weighted by Crippen LogP contribution is -2.49. The number of ether oxygens (including phenoxy) is 1. The Bertz CT molecular complexity index is 1580. The SMILES string of the molecule is Cc1cc(COc2ccc(S(=O)(=O)NC=C(C(=O)O)N3CCN(S(C)(=O)=O)CC3)cc2)c2ccccc2n1. The summed E-state index contributed by atoms with van der Waals surface area (Å²) in [5.41, 5.74) is 2.40. The van der Waals surface area contributed by atoms with Crippen molar-refractivity contribution in [2.45, 2.75) is 18.4 Å². The second-order valence-electron chi connectivity index (χ2n) is 8.81. The molecule has 1 aromatic heterocycles. The maximum absolute atomic E-state index is 12.8. The van der Waals surface area contributed by atoms with E-state index < -0.39 is 26.0 Å². The molecular weight excluding hydrogens is 532 g/mol. The maximum Gasteiger partial charge on any atom is 0.353 e. The number of aryl methyl sites for hydroxylation is 1. The van der Waals surface area contributed by atoms with Crippen molar-refractivity contribution in [2.75, 3.05) is 32.4 Å². The van der Waals surface area contributed by atoms with Gasteiger partial charge in [-0.2, -0.15) is 4.31 Å². The molecular formula is C25H28N4O7S2. The molecule has 13 heteroatoms. The summed E-state index contributed by atoms with van der Waals surface area (Å²) in [5.74, 6) is -0.865. The van der Waals surface area contributed by atoms with Crippen molar-refractivity contribution >= 4 is 36.9 Å². The van der Waals surface area contributed by atoms with Gasteiger partial charge in [0.15, 0.2) is 0 Å². The van der Waals surface area contributed by atoms with Gasteiger partial charge >= 0.3 is 5.97 Å². The summed E-state index contributed by atoms with van der Waals surface area (Å²) < 4.78 is 58.3. The van der Waals surface area contributed by atoms with Gasteiger partial charge in [-0.05, 0) is 43.3 Å². The lowest BCUT2D eigenvalue weighted by Gasteiger charge is -2.34. The summed E-state index contributed by atoms with van der Waals surface area (Å²) in [4.78, 5) is 17.6. The normalized spacial score (nSPS) is 15.4. The Balaban J connectivity index is 1.42. The first-order valence-corrected chi connectivity index (χ1v) is 15.0. The van der Waals surface area contributed by atoms with Gasteiger partial charge in [-0.1, -0.05) is 18.2 Å². The molecule has 38 heavy (non-hydrogen) atoms. The molecule has 0 radical (unpaired) electrons. The van der Waals surface area contributed by atoms with Gasteiger partial charge in [0.1, 0.15) is 18.1 Å². The van der Waals surface area contributed by atoms with E-state index in [-0.39, 0.29) is 43.4 Å². The number of hydrogen-bond acceptors (Lipinski definition) is 8. The van der Waals surface area contributed by atoms with Gasteiger partial charge in [0.2, 0.25) is 10.0 Å². The van der Waals surface area contributed by atoms with Crippen molar-refractivity contribution in [3.63, 3.8) is 0 Å². The molecule has 0 spiro atoms. The van der Waals surface area contributed by atoms with Crippen molar-refractivity contribution in [2.24, 2.45) is 0 Å². The van der Waals surface area contributed by atoms with Crippen LogP contribution in [0.2, 0.25) is 0 Å². The predicted molar refractivity (Wildman–Crippen MR) is 141 cm³/mol. The van der Waals surface area contributed by atoms with Crippen molar-refractivity contribution < 1.29 is 31.5 Å². The quantitative estimate of drug-likeness (QED) is 0.375. The zero-order valence-electron chi connectivity index (χ0n) is 20.9. The average Bonchev–Trinajstić information content (AvgIpc) is 2.87. The number of carboxylic acid groups (broad SMARTS) is 1. The second-order valence-corrected chi connectivity index (χ2v) is 12.5. The molecule has 0 amide bonds. The van der Waals surface area contributed by atoms with E-state index in [0.717, 1.165) is 34.6 Å². The van der Waals surface area contributed by atoms with Gasteiger partial charge in [0.05, 0.1) is 16.7 Å². The first kappa shape index (κ1) is 27.4. The molecule has 2 N–H and O–H groups in total. The Kier molecular flexibility index (Phi) is 7.90. The second kappa shape index (κ2) is 11.0. The number of piperazine rings is 1. The first-order valence-electron chi connectivity index (χ1n) is 11.7. The third kappa shape index (κ3) is 6.41. The van der Waals surface area contributed by atoms with Crippen LogP contribution in [0.3, 0.4) is 0 Å². The van der Waals surface area contributed by atoms with Gasteiger partial charge < -0.3 is 14.7 Å². The summed E-state index contributed by atoms with van der Waals surface area (Å²) in [6.45, 7) is 2.61. The van der Waals surface area contributed by atoms with Gasteiger partial charge in [-0.3, -0.25) is 9.71 Å². The van der Waals surface area contributed by atoms with Gasteiger partial charge in [0, 0.05) is 49.0 Å². The largest absolute Gasteiger partial charge is 0.489 e. The third-order valence-electron chi connectivity index (χ3n) is 6.08. The molecule has 11 nitrogen and oxygen atoms in total. The predicted octanol–water partition coefficient (Wildman–Crippen LogP) is 1.90. The molecule has 1 fully saturated rings. The van der Waals surface area contributed by atoms with E-state index in [2.05, 4.69) is 9.71 Å². The van der Waals surface area contributed by atoms with Crippen LogP contribution in [0.1, 0.15) is 11.3 Å². The van der Waals surface area contributed by atoms with E-state index in [4.69, 9.17) is 4.74 Å². The number of sulfonamides is 2. The minimum atomic E-state index is -4.07. The number of hydrogen-bond donors (Lipinski definition) is 2. The average molecular weight is 561 g/mol. The molecule has 2 heterocycles. The summed E-state index contributed by atoms with van der Waals surface area (Å²) >= 11 is 0. The highest BCUT2D eigenvalue weighted by Crippen LogP contribution is 2.22. The summed E-state index contributed by atoms with van der Waals surface area (Å²) in [6, 6.07) is 15.5. The number of rotatable bonds is 9. The smallest absolute Gasteiger partial charge is 0.353 e. The van der Waals surface area contributed by atoms with Crippen LogP contribution in [0.25, 0.3) is 10.9 Å². The highest BCUT2D eigenvalue weighted by atomic mass is 32.2. The van der Waals surface area contributed by atoms with Gasteiger partial charge in [-0.15, -0.1) is 0 Å². The number of aromatic nitrogens is 1. The summed E-state index contributed by atoms with van der Waals surface area (Å²) in [5, 5.41) is 10.6. The fourth-order valence-electron chi connectivity index (χ4n) is 4.14. The fourth-order valence-corrected chi connectivity index (χ4v) is 5.86. The number of carboxylic acids is 1. The molecule has 0 bridgehead atoms. The van der Waals surface area contributed by atoms with Crippen molar-refractivity contribution in [1.82, 2.24) is 18.9 Å². The molecule has 1 aliphatic heterocycles. The number of para-hydroxylation sites is 1. The van der Waals surface area contributed by atoms with Crippen LogP contribution < -0.4 is 9.46 Å². The summed E-state index contributed by atoms with van der Waals surface area (Å²) in [7, 11) is -7.45. The minimum Gasteiger partial charge on any atom is -0.489 e. The molecule has 4 rings (SSSR count). The highest BCUT2D eigenvalue weighted by Gasteiger charge is 2.27. The third-order valence-corrected chi connectivity index (χ3v) is 8.70. The van der Waals surface area contributed by atoms with Crippen LogP contribution in [-0.2, 0) is 31.4 Å². The lowest BCUT2D eigenvalue weighted by atomic mass is 10.1. The van der Waals surface area contributed by atoms with Crippen LogP contribution in [-0.4, -0.2) is 74.5 Å². The van der Waals surface area contributed by atoms with Crippen molar-refractivity contribution in [3.05, 3.63) is 77.8 Å². The van der Waals surface area contributed by atoms with Crippen molar-refractivity contribution in [3.8, 4) is 5.75 Å². The van der Waals surface area contributed by atoms with E-state index in [1.165, 1.54) is 33.5 Å². The zero-order valence-corrected chi connectivity index (χ0v) is 22.5. The van der Waals surface area contributed by atoms with E-state index in [9.17, 15) is 26.7 Å². The Labute approximate surface area is 221 Å². The number of benzene rings is 2. The number of carbonyl (C=O) groups is 1. The number of nitrogens with zero attached hydrogens (tertiary/aromatic N) is 3. The standard InChI is InChI=1S/C25H28N4O7S2/c1-18-15-19(22-5-3-4-6-23(22)27-18)17-36-20-7-9-21(10-8-20)38(34,35)26-16-24(25(30)31)28-11-13-29(14-12-28)37(2,32)33/h3-10,15-16,26H,11-14,17H2,1-2H3,(H,30,31). The number of aliphatic carboxylic acids is 1. The molecule has 1 saturated heterocycles. The van der Waals surface area contributed by atoms with Gasteiger partial charge in [0.25, 0.3) is 10.0 Å². The fraction of sp³-hybridized carbons (Fsp3) is 0.280.